The maximum absolute atomic E-state index is 6.97. The number of benzene rings is 8. The van der Waals surface area contributed by atoms with E-state index in [9.17, 15) is 0 Å². The van der Waals surface area contributed by atoms with E-state index in [1.165, 1.54) is 21.1 Å². The summed E-state index contributed by atoms with van der Waals surface area (Å²) in [4.78, 5) is 11.5. The van der Waals surface area contributed by atoms with Gasteiger partial charge in [0.15, 0.2) is 0 Å². The highest BCUT2D eigenvalue weighted by Gasteiger charge is 2.46. The molecule has 0 amide bonds. The van der Waals surface area contributed by atoms with Gasteiger partial charge in [0.25, 0.3) is 0 Å². The topological polar surface area (TPSA) is 48.8 Å². The van der Waals surface area contributed by atoms with Gasteiger partial charge in [-0.15, -0.1) is 0 Å². The van der Waals surface area contributed by atoms with Crippen molar-refractivity contribution in [3.8, 4) is 11.8 Å². The van der Waals surface area contributed by atoms with Crippen molar-refractivity contribution < 1.29 is 4.42 Å². The molecular weight excluding hydrogens is 725 g/mol. The molecule has 0 aliphatic rings. The molecule has 0 saturated heterocycles. The lowest BCUT2D eigenvalue weighted by atomic mass is 10.1. The lowest BCUT2D eigenvalue weighted by Crippen LogP contribution is -2.75. The zero-order valence-electron chi connectivity index (χ0n) is 31.3. The zero-order valence-corrected chi connectivity index (χ0v) is 32.3. The van der Waals surface area contributed by atoms with Crippen LogP contribution in [0.5, 0.6) is 0 Å². The van der Waals surface area contributed by atoms with Crippen LogP contribution in [0, 0.1) is 0 Å². The minimum absolute atomic E-state index is 0.618. The second kappa shape index (κ2) is 12.7. The summed E-state index contributed by atoms with van der Waals surface area (Å²) in [6, 6.07) is 73.7. The molecule has 8 aromatic carbocycles. The predicted molar refractivity (Wildman–Crippen MR) is 242 cm³/mol. The highest BCUT2D eigenvalue weighted by atomic mass is 28.3. The van der Waals surface area contributed by atoms with E-state index in [4.69, 9.17) is 14.4 Å². The molecule has 12 aromatic rings. The van der Waals surface area contributed by atoms with Gasteiger partial charge in [0.05, 0.1) is 22.1 Å². The summed E-state index contributed by atoms with van der Waals surface area (Å²) in [6.45, 7) is 0. The first-order valence-electron chi connectivity index (χ1n) is 19.7. The largest absolute Gasteiger partial charge is 0.456 e. The third kappa shape index (κ3) is 4.63. The van der Waals surface area contributed by atoms with Crippen LogP contribution in [-0.2, 0) is 0 Å². The normalized spacial score (nSPS) is 12.1. The summed E-state index contributed by atoms with van der Waals surface area (Å²) >= 11 is 0. The number of hydrogen-bond acceptors (Lipinski definition) is 3. The summed E-state index contributed by atoms with van der Waals surface area (Å²) in [5.41, 5.74) is 6.05. The molecule has 0 bridgehead atoms. The number of para-hydroxylation sites is 6. The molecule has 0 N–H and O–H groups in total. The van der Waals surface area contributed by atoms with E-state index in [2.05, 4.69) is 209 Å². The first-order valence-corrected chi connectivity index (χ1v) is 21.7. The Balaban J connectivity index is 1.30. The molecule has 6 heteroatoms. The van der Waals surface area contributed by atoms with E-state index in [1.54, 1.807) is 0 Å². The van der Waals surface area contributed by atoms with E-state index in [0.29, 0.717) is 5.95 Å². The van der Waals surface area contributed by atoms with Crippen molar-refractivity contribution in [3.63, 3.8) is 0 Å². The quantitative estimate of drug-likeness (QED) is 0.125. The van der Waals surface area contributed by atoms with Gasteiger partial charge in [0.2, 0.25) is 14.0 Å². The first kappa shape index (κ1) is 32.7. The van der Waals surface area contributed by atoms with Crippen LogP contribution >= 0.6 is 0 Å². The number of furan rings is 1. The van der Waals surface area contributed by atoms with Crippen LogP contribution in [-0.4, -0.2) is 27.2 Å². The molecule has 12 rings (SSSR count). The summed E-state index contributed by atoms with van der Waals surface area (Å²) in [5, 5.41) is 11.4. The van der Waals surface area contributed by atoms with Crippen LogP contribution in [0.2, 0.25) is 0 Å². The molecule has 4 heterocycles. The number of fused-ring (bicyclic) bond motifs is 9. The predicted octanol–water partition coefficient (Wildman–Crippen LogP) is 9.95. The Morgan fingerprint density at radius 1 is 0.379 bits per heavy atom. The van der Waals surface area contributed by atoms with Crippen LogP contribution in [0.25, 0.3) is 77.3 Å². The lowest BCUT2D eigenvalue weighted by molar-refractivity contribution is 0.671. The van der Waals surface area contributed by atoms with Crippen LogP contribution in [0.1, 0.15) is 0 Å². The van der Waals surface area contributed by atoms with Gasteiger partial charge < -0.3 is 4.42 Å². The van der Waals surface area contributed by atoms with Crippen LogP contribution in [0.15, 0.2) is 211 Å². The smallest absolute Gasteiger partial charge is 0.236 e. The SMILES string of the molecule is c1ccc([Si](c2ccccc2)(c2cc(-n3c4ccccc4c4ccccc43)nc(-n3c4ccccc4c4ccccc43)n2)c2cccc3c2oc2ccccc23)cc1. The first-order chi connectivity index (χ1) is 28.8. The van der Waals surface area contributed by atoms with Gasteiger partial charge in [0, 0.05) is 37.6 Å². The fraction of sp³-hybridized carbons (Fsp3) is 0. The van der Waals surface area contributed by atoms with E-state index in [0.717, 1.165) is 71.1 Å². The Hall–Kier alpha value is -7.54. The summed E-state index contributed by atoms with van der Waals surface area (Å²) in [5.74, 6) is 1.42. The van der Waals surface area contributed by atoms with Crippen molar-refractivity contribution in [1.82, 2.24) is 19.1 Å². The Morgan fingerprint density at radius 2 is 0.828 bits per heavy atom. The molecule has 0 radical (unpaired) electrons. The molecule has 0 unspecified atom stereocenters. The molecule has 272 valence electrons. The highest BCUT2D eigenvalue weighted by molar-refractivity contribution is 7.20. The van der Waals surface area contributed by atoms with Crippen LogP contribution in [0.3, 0.4) is 0 Å². The second-order valence-electron chi connectivity index (χ2n) is 14.9. The molecule has 5 nitrogen and oxygen atoms in total. The van der Waals surface area contributed by atoms with E-state index < -0.39 is 8.07 Å². The monoisotopic (exact) mass is 758 g/mol. The third-order valence-corrected chi connectivity index (χ3v) is 16.5. The van der Waals surface area contributed by atoms with Gasteiger partial charge in [0.1, 0.15) is 17.0 Å². The van der Waals surface area contributed by atoms with Crippen molar-refractivity contribution in [2.75, 3.05) is 0 Å². The Kier molecular flexibility index (Phi) is 7.18. The molecule has 0 spiro atoms. The maximum atomic E-state index is 6.97. The fourth-order valence-electron chi connectivity index (χ4n) is 9.47. The number of rotatable bonds is 6. The van der Waals surface area contributed by atoms with Crippen molar-refractivity contribution in [2.24, 2.45) is 0 Å². The summed E-state index contributed by atoms with van der Waals surface area (Å²) in [6.07, 6.45) is 0. The van der Waals surface area contributed by atoms with Gasteiger partial charge in [-0.3, -0.25) is 9.13 Å². The number of nitrogens with zero attached hydrogens (tertiary/aromatic N) is 4. The van der Waals surface area contributed by atoms with Crippen LogP contribution in [0.4, 0.5) is 0 Å². The van der Waals surface area contributed by atoms with Gasteiger partial charge >= 0.3 is 0 Å². The molecule has 0 saturated carbocycles. The highest BCUT2D eigenvalue weighted by Crippen LogP contribution is 2.34. The van der Waals surface area contributed by atoms with Gasteiger partial charge in [-0.25, -0.2) is 4.98 Å². The molecule has 0 aliphatic carbocycles. The van der Waals surface area contributed by atoms with Crippen molar-refractivity contribution >= 4 is 94.5 Å². The minimum atomic E-state index is -3.36. The van der Waals surface area contributed by atoms with Crippen molar-refractivity contribution in [3.05, 3.63) is 206 Å². The fourth-order valence-corrected chi connectivity index (χ4v) is 14.2. The van der Waals surface area contributed by atoms with Gasteiger partial charge in [-0.1, -0.05) is 170 Å². The second-order valence-corrected chi connectivity index (χ2v) is 18.6. The Bertz CT molecular complexity index is 3250. The average molecular weight is 759 g/mol. The van der Waals surface area contributed by atoms with Crippen molar-refractivity contribution in [2.45, 2.75) is 0 Å². The number of hydrogen-bond donors (Lipinski definition) is 0. The van der Waals surface area contributed by atoms with E-state index in [-0.39, 0.29) is 0 Å². The summed E-state index contributed by atoms with van der Waals surface area (Å²) < 4.78 is 11.5. The molecule has 0 fully saturated rings. The average Bonchev–Trinajstić information content (AvgIpc) is 3.96. The molecule has 58 heavy (non-hydrogen) atoms. The maximum Gasteiger partial charge on any atom is 0.236 e. The zero-order chi connectivity index (χ0) is 38.2. The Labute approximate surface area is 334 Å². The molecule has 4 aromatic heterocycles. The minimum Gasteiger partial charge on any atom is -0.456 e. The van der Waals surface area contributed by atoms with E-state index in [1.807, 2.05) is 6.07 Å². The third-order valence-electron chi connectivity index (χ3n) is 11.9. The van der Waals surface area contributed by atoms with E-state index >= 15 is 0 Å². The van der Waals surface area contributed by atoms with Crippen LogP contribution < -0.4 is 20.9 Å². The number of aromatic nitrogens is 4. The lowest BCUT2D eigenvalue weighted by Gasteiger charge is -2.33. The molecule has 0 atom stereocenters. The standard InChI is InChI=1S/C52H34N4OSi/c1-3-18-35(19-4-1)58(36-20-5-2-6-21-36,48-33-17-27-42-41-26-11-16-32-47(41)57-51(42)48)50-34-49(55-43-28-12-7-22-37(43)38-23-8-13-29-44(38)55)53-52(54-50)56-45-30-14-9-24-39(45)40-25-10-15-31-46(40)56/h1-34H. The molecular formula is C52H34N4OSi. The van der Waals surface area contributed by atoms with Gasteiger partial charge in [-0.2, -0.15) is 4.98 Å². The van der Waals surface area contributed by atoms with Crippen molar-refractivity contribution in [1.29, 1.82) is 0 Å². The van der Waals surface area contributed by atoms with Gasteiger partial charge in [-0.05, 0) is 52.0 Å². The Morgan fingerprint density at radius 3 is 1.38 bits per heavy atom. The molecule has 0 aliphatic heterocycles. The summed E-state index contributed by atoms with van der Waals surface area (Å²) in [7, 11) is -3.36.